The number of aromatic amines is 1. The summed E-state index contributed by atoms with van der Waals surface area (Å²) in [6, 6.07) is 3.08. The van der Waals surface area contributed by atoms with E-state index in [9.17, 15) is 29.4 Å². The number of aromatic nitrogens is 1. The van der Waals surface area contributed by atoms with Crippen LogP contribution in [-0.4, -0.2) is 93.1 Å². The van der Waals surface area contributed by atoms with E-state index in [0.717, 1.165) is 16.5 Å². The van der Waals surface area contributed by atoms with Gasteiger partial charge in [0.25, 0.3) is 0 Å². The molecule has 1 aromatic heterocycles. The van der Waals surface area contributed by atoms with E-state index >= 15 is 0 Å². The number of nitrogens with one attached hydrogen (secondary N) is 3. The minimum Gasteiger partial charge on any atom is -0.480 e. The second-order valence-electron chi connectivity index (χ2n) is 9.93. The van der Waals surface area contributed by atoms with Crippen LogP contribution >= 0.6 is 0 Å². The molecule has 1 aromatic carbocycles. The van der Waals surface area contributed by atoms with Gasteiger partial charge in [-0.25, -0.2) is 4.79 Å². The van der Waals surface area contributed by atoms with Gasteiger partial charge in [0, 0.05) is 36.6 Å². The molecule has 0 saturated carbocycles. The van der Waals surface area contributed by atoms with E-state index in [-0.39, 0.29) is 25.3 Å². The number of aliphatic carboxylic acids is 1. The van der Waals surface area contributed by atoms with E-state index in [4.69, 9.17) is 17.2 Å². The van der Waals surface area contributed by atoms with Crippen molar-refractivity contribution >= 4 is 40.6 Å². The van der Waals surface area contributed by atoms with Crippen LogP contribution in [0.2, 0.25) is 0 Å². The fourth-order valence-electron chi connectivity index (χ4n) is 4.79. The molecular weight excluding hydrogens is 520 g/mol. The van der Waals surface area contributed by atoms with E-state index in [2.05, 4.69) is 20.6 Å². The average molecular weight is 559 g/mol. The third-order valence-electron chi connectivity index (χ3n) is 6.90. The Kier molecular flexibility index (Phi) is 10.4. The summed E-state index contributed by atoms with van der Waals surface area (Å²) in [6.07, 6.45) is 2.11. The van der Waals surface area contributed by atoms with Crippen LogP contribution in [0.25, 0.3) is 10.9 Å². The molecule has 14 nitrogen and oxygen atoms in total. The summed E-state index contributed by atoms with van der Waals surface area (Å²) in [5, 5.41) is 25.1. The highest BCUT2D eigenvalue weighted by Crippen LogP contribution is 2.23. The number of guanidine groups is 1. The number of para-hydroxylation sites is 1. The minimum atomic E-state index is -1.52. The molecule has 0 aliphatic carbocycles. The molecule has 5 atom stereocenters. The number of carbonyl (C=O) groups is 4. The average Bonchev–Trinajstić information content (AvgIpc) is 3.56. The Morgan fingerprint density at radius 3 is 2.60 bits per heavy atom. The number of nitrogens with zero attached hydrogens (tertiary/aromatic N) is 2. The first kappa shape index (κ1) is 30.4. The molecule has 0 radical (unpaired) electrons. The molecular formula is C26H38N8O6. The van der Waals surface area contributed by atoms with E-state index in [0.29, 0.717) is 25.8 Å². The van der Waals surface area contributed by atoms with Gasteiger partial charge in [-0.05, 0) is 44.2 Å². The number of H-pyrrole nitrogens is 1. The summed E-state index contributed by atoms with van der Waals surface area (Å²) >= 11 is 0. The molecule has 2 heterocycles. The molecule has 1 aliphatic heterocycles. The Morgan fingerprint density at radius 2 is 1.93 bits per heavy atom. The fourth-order valence-corrected chi connectivity index (χ4v) is 4.79. The van der Waals surface area contributed by atoms with Crippen molar-refractivity contribution in [3.63, 3.8) is 0 Å². The highest BCUT2D eigenvalue weighted by Gasteiger charge is 2.40. The van der Waals surface area contributed by atoms with Gasteiger partial charge in [0.05, 0.1) is 12.1 Å². The lowest BCUT2D eigenvalue weighted by Crippen LogP contribution is -2.58. The molecule has 14 heteroatoms. The maximum absolute atomic E-state index is 13.8. The number of fused-ring (bicyclic) bond motifs is 1. The van der Waals surface area contributed by atoms with Gasteiger partial charge in [-0.3, -0.25) is 19.4 Å². The predicted octanol–water partition coefficient (Wildman–Crippen LogP) is -1.48. The van der Waals surface area contributed by atoms with Gasteiger partial charge in [0.15, 0.2) is 12.0 Å². The SMILES string of the molecule is CC(O)C(NC(=O)C1CCCN1C(=O)C(Cc1c[nH]c2ccccc12)NC(=O)C(N)CCCN=C(N)N)C(=O)O. The normalized spacial score (nSPS) is 18.0. The van der Waals surface area contributed by atoms with Crippen molar-refractivity contribution in [1.82, 2.24) is 20.5 Å². The smallest absolute Gasteiger partial charge is 0.328 e. The predicted molar refractivity (Wildman–Crippen MR) is 148 cm³/mol. The summed E-state index contributed by atoms with van der Waals surface area (Å²) in [5.41, 5.74) is 18.4. The molecule has 40 heavy (non-hydrogen) atoms. The molecule has 11 N–H and O–H groups in total. The zero-order valence-corrected chi connectivity index (χ0v) is 22.4. The number of aliphatic hydroxyl groups is 1. The Labute approximate surface area is 231 Å². The number of amides is 3. The van der Waals surface area contributed by atoms with Crippen molar-refractivity contribution in [3.05, 3.63) is 36.0 Å². The lowest BCUT2D eigenvalue weighted by Gasteiger charge is -2.30. The summed E-state index contributed by atoms with van der Waals surface area (Å²) < 4.78 is 0. The number of aliphatic hydroxyl groups excluding tert-OH is 1. The Hall–Kier alpha value is -4.17. The number of likely N-dealkylation sites (tertiary alicyclic amines) is 1. The van der Waals surface area contributed by atoms with E-state index < -0.39 is 54.0 Å². The van der Waals surface area contributed by atoms with Crippen LogP contribution in [-0.2, 0) is 25.6 Å². The number of hydrogen-bond acceptors (Lipinski definition) is 7. The zero-order valence-electron chi connectivity index (χ0n) is 22.4. The lowest BCUT2D eigenvalue weighted by molar-refractivity contribution is -0.147. The van der Waals surface area contributed by atoms with Crippen molar-refractivity contribution in [3.8, 4) is 0 Å². The third kappa shape index (κ3) is 7.70. The zero-order chi connectivity index (χ0) is 29.4. The van der Waals surface area contributed by atoms with E-state index in [1.165, 1.54) is 11.8 Å². The second-order valence-corrected chi connectivity index (χ2v) is 9.93. The van der Waals surface area contributed by atoms with Crippen molar-refractivity contribution < 1.29 is 29.4 Å². The van der Waals surface area contributed by atoms with Crippen molar-refractivity contribution in [2.75, 3.05) is 13.1 Å². The number of benzene rings is 1. The minimum absolute atomic E-state index is 0.0604. The van der Waals surface area contributed by atoms with E-state index in [1.807, 2.05) is 24.3 Å². The molecule has 2 aromatic rings. The fraction of sp³-hybridized carbons (Fsp3) is 0.500. The van der Waals surface area contributed by atoms with Gasteiger partial charge in [-0.2, -0.15) is 0 Å². The first-order valence-electron chi connectivity index (χ1n) is 13.2. The summed E-state index contributed by atoms with van der Waals surface area (Å²) in [4.78, 5) is 59.7. The largest absolute Gasteiger partial charge is 0.480 e. The van der Waals surface area contributed by atoms with Crippen LogP contribution in [0.5, 0.6) is 0 Å². The number of nitrogens with two attached hydrogens (primary N) is 3. The topological polar surface area (TPSA) is 242 Å². The number of rotatable bonds is 13. The molecule has 3 amide bonds. The quantitative estimate of drug-likeness (QED) is 0.0810. The van der Waals surface area contributed by atoms with Gasteiger partial charge < -0.3 is 47.9 Å². The third-order valence-corrected chi connectivity index (χ3v) is 6.90. The van der Waals surface area contributed by atoms with Crippen molar-refractivity contribution in [1.29, 1.82) is 0 Å². The molecule has 0 bridgehead atoms. The van der Waals surface area contributed by atoms with Gasteiger partial charge >= 0.3 is 5.97 Å². The number of carbonyl (C=O) groups excluding carboxylic acids is 3. The molecule has 0 spiro atoms. The number of carboxylic acids is 1. The van der Waals surface area contributed by atoms with Crippen LogP contribution in [0.1, 0.15) is 38.2 Å². The first-order chi connectivity index (χ1) is 19.0. The van der Waals surface area contributed by atoms with Gasteiger partial charge in [0.2, 0.25) is 17.7 Å². The standard InChI is InChI=1S/C26H38N8O6/c1-14(35)21(25(39)40)33-23(37)20-9-5-11-34(20)24(38)19(12-15-13-31-18-8-3-2-6-16(15)18)32-22(36)17(27)7-4-10-30-26(28)29/h2-3,6,8,13-14,17,19-21,31,35H,4-5,7,9-12,27H2,1H3,(H,32,36)(H,33,37)(H,39,40)(H4,28,29,30). The lowest BCUT2D eigenvalue weighted by atomic mass is 10.0. The monoisotopic (exact) mass is 558 g/mol. The Bertz CT molecular complexity index is 1240. The van der Waals surface area contributed by atoms with Crippen LogP contribution in [0.15, 0.2) is 35.5 Å². The van der Waals surface area contributed by atoms with Crippen LogP contribution < -0.4 is 27.8 Å². The molecule has 5 unspecified atom stereocenters. The second kappa shape index (κ2) is 13.8. The maximum atomic E-state index is 13.8. The number of aliphatic imine (C=N–C) groups is 1. The number of hydrogen-bond donors (Lipinski definition) is 8. The van der Waals surface area contributed by atoms with Gasteiger partial charge in [-0.15, -0.1) is 0 Å². The summed E-state index contributed by atoms with van der Waals surface area (Å²) in [7, 11) is 0. The maximum Gasteiger partial charge on any atom is 0.328 e. The van der Waals surface area contributed by atoms with Gasteiger partial charge in [0.1, 0.15) is 12.1 Å². The van der Waals surface area contributed by atoms with Crippen molar-refractivity contribution in [2.45, 2.75) is 69.3 Å². The van der Waals surface area contributed by atoms with Crippen LogP contribution in [0, 0.1) is 0 Å². The summed E-state index contributed by atoms with van der Waals surface area (Å²) in [5.74, 6) is -3.17. The number of carboxylic acid groups (broad SMARTS) is 1. The Balaban J connectivity index is 1.80. The van der Waals surface area contributed by atoms with Crippen LogP contribution in [0.4, 0.5) is 0 Å². The molecule has 218 valence electrons. The van der Waals surface area contributed by atoms with E-state index in [1.54, 1.807) is 6.20 Å². The van der Waals surface area contributed by atoms with Crippen molar-refractivity contribution in [2.24, 2.45) is 22.2 Å². The van der Waals surface area contributed by atoms with Crippen LogP contribution in [0.3, 0.4) is 0 Å². The molecule has 1 saturated heterocycles. The highest BCUT2D eigenvalue weighted by atomic mass is 16.4. The molecule has 1 fully saturated rings. The highest BCUT2D eigenvalue weighted by molar-refractivity contribution is 5.95. The molecule has 3 rings (SSSR count). The van der Waals surface area contributed by atoms with Gasteiger partial charge in [-0.1, -0.05) is 18.2 Å². The summed E-state index contributed by atoms with van der Waals surface area (Å²) in [6.45, 7) is 1.80. The Morgan fingerprint density at radius 1 is 1.20 bits per heavy atom. The first-order valence-corrected chi connectivity index (χ1v) is 13.2. The molecule has 1 aliphatic rings.